The SMILES string of the molecule is CCNc1nc(N2CCCC(C)C2C)c(Cl)cc1Cl. The number of nitrogens with zero attached hydrogens (tertiary/aromatic N) is 2. The molecule has 1 aromatic heterocycles. The Balaban J connectivity index is 2.35. The minimum atomic E-state index is 0.453. The normalized spacial score (nSPS) is 23.5. The molecule has 0 saturated carbocycles. The molecular weight excluding hydrogens is 281 g/mol. The van der Waals surface area contributed by atoms with Gasteiger partial charge in [-0.25, -0.2) is 4.98 Å². The van der Waals surface area contributed by atoms with E-state index >= 15 is 0 Å². The topological polar surface area (TPSA) is 28.2 Å². The number of hydrogen-bond acceptors (Lipinski definition) is 3. The third kappa shape index (κ3) is 3.09. The molecule has 1 saturated heterocycles. The zero-order chi connectivity index (χ0) is 14.0. The standard InChI is InChI=1S/C14H21Cl2N3/c1-4-17-13-11(15)8-12(16)14(18-13)19-7-5-6-9(2)10(19)3/h8-10H,4-7H2,1-3H3,(H,17,18). The third-order valence-corrected chi connectivity index (χ3v) is 4.47. The van der Waals surface area contributed by atoms with Gasteiger partial charge in [0.2, 0.25) is 0 Å². The largest absolute Gasteiger partial charge is 0.369 e. The molecule has 1 aromatic rings. The summed E-state index contributed by atoms with van der Waals surface area (Å²) in [6.07, 6.45) is 2.45. The van der Waals surface area contributed by atoms with Crippen LogP contribution in [0.3, 0.4) is 0 Å². The lowest BCUT2D eigenvalue weighted by Crippen LogP contribution is -2.43. The minimum absolute atomic E-state index is 0.453. The Kier molecular flexibility index (Phi) is 4.80. The summed E-state index contributed by atoms with van der Waals surface area (Å²) >= 11 is 12.5. The average Bonchev–Trinajstić information content (AvgIpc) is 2.37. The van der Waals surface area contributed by atoms with E-state index in [0.717, 1.165) is 18.9 Å². The zero-order valence-corrected chi connectivity index (χ0v) is 13.2. The fraction of sp³-hybridized carbons (Fsp3) is 0.643. The van der Waals surface area contributed by atoms with Crippen LogP contribution in [-0.2, 0) is 0 Å². The fourth-order valence-corrected chi connectivity index (χ4v) is 3.12. The smallest absolute Gasteiger partial charge is 0.150 e. The van der Waals surface area contributed by atoms with E-state index in [1.807, 2.05) is 6.92 Å². The van der Waals surface area contributed by atoms with Crippen molar-refractivity contribution in [3.8, 4) is 0 Å². The Labute approximate surface area is 125 Å². The molecule has 0 spiro atoms. The van der Waals surface area contributed by atoms with E-state index in [2.05, 4.69) is 29.0 Å². The summed E-state index contributed by atoms with van der Waals surface area (Å²) in [6, 6.07) is 2.24. The molecule has 19 heavy (non-hydrogen) atoms. The van der Waals surface area contributed by atoms with Crippen LogP contribution in [0.4, 0.5) is 11.6 Å². The number of rotatable bonds is 3. The molecule has 2 unspecified atom stereocenters. The van der Waals surface area contributed by atoms with Gasteiger partial charge in [-0.3, -0.25) is 0 Å². The van der Waals surface area contributed by atoms with Crippen molar-refractivity contribution in [2.75, 3.05) is 23.3 Å². The number of piperidine rings is 1. The molecule has 0 amide bonds. The molecule has 2 rings (SSSR count). The van der Waals surface area contributed by atoms with Gasteiger partial charge in [-0.15, -0.1) is 0 Å². The second kappa shape index (κ2) is 6.19. The van der Waals surface area contributed by atoms with Crippen LogP contribution in [0.25, 0.3) is 0 Å². The van der Waals surface area contributed by atoms with Gasteiger partial charge >= 0.3 is 0 Å². The highest BCUT2D eigenvalue weighted by atomic mass is 35.5. The lowest BCUT2D eigenvalue weighted by Gasteiger charge is -2.39. The van der Waals surface area contributed by atoms with E-state index in [1.54, 1.807) is 6.07 Å². The quantitative estimate of drug-likeness (QED) is 0.894. The van der Waals surface area contributed by atoms with Crippen molar-refractivity contribution in [3.05, 3.63) is 16.1 Å². The van der Waals surface area contributed by atoms with Gasteiger partial charge in [-0.2, -0.15) is 0 Å². The van der Waals surface area contributed by atoms with E-state index in [1.165, 1.54) is 12.8 Å². The maximum Gasteiger partial charge on any atom is 0.150 e. The molecule has 0 aliphatic carbocycles. The molecule has 3 nitrogen and oxygen atoms in total. The highest BCUT2D eigenvalue weighted by Gasteiger charge is 2.27. The summed E-state index contributed by atoms with van der Waals surface area (Å²) in [4.78, 5) is 6.92. The van der Waals surface area contributed by atoms with Crippen LogP contribution in [0.2, 0.25) is 10.0 Å². The van der Waals surface area contributed by atoms with Crippen molar-refractivity contribution in [3.63, 3.8) is 0 Å². The molecule has 0 bridgehead atoms. The highest BCUT2D eigenvalue weighted by molar-refractivity contribution is 6.37. The molecule has 5 heteroatoms. The number of halogens is 2. The van der Waals surface area contributed by atoms with Gasteiger partial charge in [0.25, 0.3) is 0 Å². The molecule has 1 fully saturated rings. The number of hydrogen-bond donors (Lipinski definition) is 1. The number of anilines is 2. The number of nitrogens with one attached hydrogen (secondary N) is 1. The molecular formula is C14H21Cl2N3. The molecule has 2 heterocycles. The minimum Gasteiger partial charge on any atom is -0.369 e. The van der Waals surface area contributed by atoms with Crippen LogP contribution in [0.5, 0.6) is 0 Å². The Morgan fingerprint density at radius 2 is 2.11 bits per heavy atom. The molecule has 1 aliphatic heterocycles. The maximum atomic E-state index is 6.33. The van der Waals surface area contributed by atoms with Crippen molar-refractivity contribution < 1.29 is 0 Å². The van der Waals surface area contributed by atoms with Gasteiger partial charge in [0.05, 0.1) is 10.0 Å². The van der Waals surface area contributed by atoms with Crippen molar-refractivity contribution in [2.45, 2.75) is 39.7 Å². The Bertz CT molecular complexity index is 451. The van der Waals surface area contributed by atoms with Gasteiger partial charge in [0.1, 0.15) is 11.6 Å². The number of aromatic nitrogens is 1. The van der Waals surface area contributed by atoms with Crippen LogP contribution in [0.15, 0.2) is 6.07 Å². The second-order valence-corrected chi connectivity index (χ2v) is 6.02. The van der Waals surface area contributed by atoms with E-state index in [9.17, 15) is 0 Å². The van der Waals surface area contributed by atoms with Gasteiger partial charge in [-0.1, -0.05) is 30.1 Å². The summed E-state index contributed by atoms with van der Waals surface area (Å²) in [5.74, 6) is 2.22. The van der Waals surface area contributed by atoms with Gasteiger partial charge in [0, 0.05) is 19.1 Å². The van der Waals surface area contributed by atoms with E-state index < -0.39 is 0 Å². The summed E-state index contributed by atoms with van der Waals surface area (Å²) in [5, 5.41) is 4.39. The Hall–Kier alpha value is -0.670. The average molecular weight is 302 g/mol. The van der Waals surface area contributed by atoms with Crippen LogP contribution in [0, 0.1) is 5.92 Å². The van der Waals surface area contributed by atoms with Crippen molar-refractivity contribution in [1.82, 2.24) is 4.98 Å². The first-order chi connectivity index (χ1) is 9.04. The number of pyridine rings is 1. The summed E-state index contributed by atoms with van der Waals surface area (Å²) < 4.78 is 0. The highest BCUT2D eigenvalue weighted by Crippen LogP contribution is 2.35. The van der Waals surface area contributed by atoms with Gasteiger partial charge in [0.15, 0.2) is 0 Å². The molecule has 0 aromatic carbocycles. The third-order valence-electron chi connectivity index (χ3n) is 3.90. The van der Waals surface area contributed by atoms with Crippen LogP contribution < -0.4 is 10.2 Å². The summed E-state index contributed by atoms with van der Waals surface area (Å²) in [5.41, 5.74) is 0. The van der Waals surface area contributed by atoms with Crippen LogP contribution >= 0.6 is 23.2 Å². The van der Waals surface area contributed by atoms with Crippen LogP contribution in [0.1, 0.15) is 33.6 Å². The lowest BCUT2D eigenvalue weighted by molar-refractivity contribution is 0.361. The molecule has 106 valence electrons. The molecule has 1 aliphatic rings. The van der Waals surface area contributed by atoms with Crippen molar-refractivity contribution in [2.24, 2.45) is 5.92 Å². The van der Waals surface area contributed by atoms with E-state index in [0.29, 0.717) is 27.8 Å². The van der Waals surface area contributed by atoms with Crippen molar-refractivity contribution >= 4 is 34.8 Å². The lowest BCUT2D eigenvalue weighted by atomic mass is 9.92. The zero-order valence-electron chi connectivity index (χ0n) is 11.7. The van der Waals surface area contributed by atoms with E-state index in [-0.39, 0.29) is 0 Å². The predicted molar refractivity (Wildman–Crippen MR) is 83.6 cm³/mol. The summed E-state index contributed by atoms with van der Waals surface area (Å²) in [6.45, 7) is 8.35. The van der Waals surface area contributed by atoms with Gasteiger partial charge in [-0.05, 0) is 38.7 Å². The maximum absolute atomic E-state index is 6.33. The molecule has 0 radical (unpaired) electrons. The summed E-state index contributed by atoms with van der Waals surface area (Å²) in [7, 11) is 0. The first kappa shape index (κ1) is 14.7. The predicted octanol–water partition coefficient (Wildman–Crippen LogP) is 4.45. The Morgan fingerprint density at radius 3 is 2.79 bits per heavy atom. The van der Waals surface area contributed by atoms with Crippen LogP contribution in [-0.4, -0.2) is 24.1 Å². The van der Waals surface area contributed by atoms with Crippen molar-refractivity contribution in [1.29, 1.82) is 0 Å². The van der Waals surface area contributed by atoms with E-state index in [4.69, 9.17) is 23.2 Å². The molecule has 1 N–H and O–H groups in total. The second-order valence-electron chi connectivity index (χ2n) is 5.21. The molecule has 2 atom stereocenters. The monoisotopic (exact) mass is 301 g/mol. The fourth-order valence-electron chi connectivity index (χ4n) is 2.58. The Morgan fingerprint density at radius 1 is 1.37 bits per heavy atom. The van der Waals surface area contributed by atoms with Gasteiger partial charge < -0.3 is 10.2 Å². The first-order valence-electron chi connectivity index (χ1n) is 6.91. The first-order valence-corrected chi connectivity index (χ1v) is 7.66.